The van der Waals surface area contributed by atoms with Gasteiger partial charge in [-0.05, 0) is 46.9 Å². The van der Waals surface area contributed by atoms with Crippen molar-refractivity contribution in [2.45, 2.75) is 32.1 Å². The maximum absolute atomic E-state index is 12.7. The van der Waals surface area contributed by atoms with Gasteiger partial charge in [-0.2, -0.15) is 0 Å². The van der Waals surface area contributed by atoms with Gasteiger partial charge in [0.2, 0.25) is 0 Å². The van der Waals surface area contributed by atoms with Crippen LogP contribution in [0.4, 0.5) is 0 Å². The molecule has 0 radical (unpaired) electrons. The number of fused-ring (bicyclic) bond motifs is 1. The molecule has 0 saturated heterocycles. The SMILES string of the molecule is CCC(c1ccccc1)c1ccc(CCc2cccc3ccccc23)oc1=O. The van der Waals surface area contributed by atoms with Crippen molar-refractivity contribution in [1.29, 1.82) is 0 Å². The second-order valence-corrected chi connectivity index (χ2v) is 7.15. The standard InChI is InChI=1S/C26H24O2/c1-2-23(19-9-4-3-5-10-19)25-18-17-22(28-26(25)27)16-15-21-13-8-12-20-11-6-7-14-24(20)21/h3-14,17-18,23H,2,15-16H2,1H3. The number of aryl methyl sites for hydroxylation is 2. The van der Waals surface area contributed by atoms with Crippen molar-refractivity contribution in [2.24, 2.45) is 0 Å². The van der Waals surface area contributed by atoms with Gasteiger partial charge in [-0.3, -0.25) is 0 Å². The minimum atomic E-state index is -0.217. The number of hydrogen-bond donors (Lipinski definition) is 0. The monoisotopic (exact) mass is 368 g/mol. The molecular weight excluding hydrogens is 344 g/mol. The van der Waals surface area contributed by atoms with Crippen molar-refractivity contribution < 1.29 is 4.42 Å². The van der Waals surface area contributed by atoms with Crippen LogP contribution in [0.1, 0.15) is 41.7 Å². The van der Waals surface area contributed by atoms with Crippen LogP contribution in [0.25, 0.3) is 10.8 Å². The molecule has 1 aromatic heterocycles. The third-order valence-electron chi connectivity index (χ3n) is 5.41. The Morgan fingerprint density at radius 3 is 2.32 bits per heavy atom. The van der Waals surface area contributed by atoms with Crippen LogP contribution in [0, 0.1) is 0 Å². The second-order valence-electron chi connectivity index (χ2n) is 7.15. The lowest BCUT2D eigenvalue weighted by molar-refractivity contribution is 0.447. The van der Waals surface area contributed by atoms with E-state index in [1.54, 1.807) is 0 Å². The molecule has 3 aromatic carbocycles. The Labute approximate surface area is 165 Å². The fourth-order valence-corrected chi connectivity index (χ4v) is 3.94. The van der Waals surface area contributed by atoms with Crippen LogP contribution in [0.2, 0.25) is 0 Å². The summed E-state index contributed by atoms with van der Waals surface area (Å²) in [5, 5.41) is 2.50. The average Bonchev–Trinajstić information content (AvgIpc) is 2.75. The Morgan fingerprint density at radius 1 is 0.786 bits per heavy atom. The van der Waals surface area contributed by atoms with E-state index >= 15 is 0 Å². The molecule has 0 saturated carbocycles. The summed E-state index contributed by atoms with van der Waals surface area (Å²) in [6.07, 6.45) is 2.43. The Hall–Kier alpha value is -3.13. The van der Waals surface area contributed by atoms with Gasteiger partial charge in [-0.25, -0.2) is 4.79 Å². The normalized spacial score (nSPS) is 12.2. The van der Waals surface area contributed by atoms with Gasteiger partial charge in [0, 0.05) is 17.9 Å². The minimum absolute atomic E-state index is 0.0737. The third kappa shape index (κ3) is 3.77. The van der Waals surface area contributed by atoms with Gasteiger partial charge < -0.3 is 4.42 Å². The summed E-state index contributed by atoms with van der Waals surface area (Å²) in [4.78, 5) is 12.7. The molecule has 1 heterocycles. The van der Waals surface area contributed by atoms with E-state index in [9.17, 15) is 4.79 Å². The molecule has 1 atom stereocenters. The summed E-state index contributed by atoms with van der Waals surface area (Å²) in [5.41, 5.74) is 2.95. The van der Waals surface area contributed by atoms with Gasteiger partial charge in [-0.1, -0.05) is 79.7 Å². The Bertz CT molecular complexity index is 1120. The average molecular weight is 368 g/mol. The van der Waals surface area contributed by atoms with Gasteiger partial charge >= 0.3 is 5.63 Å². The first-order valence-corrected chi connectivity index (χ1v) is 9.90. The van der Waals surface area contributed by atoms with E-state index in [4.69, 9.17) is 4.42 Å². The Kier molecular flexibility index (Phi) is 5.38. The van der Waals surface area contributed by atoms with Gasteiger partial charge in [0.15, 0.2) is 0 Å². The van der Waals surface area contributed by atoms with E-state index in [1.807, 2.05) is 30.3 Å². The highest BCUT2D eigenvalue weighted by Crippen LogP contribution is 2.26. The molecule has 0 bridgehead atoms. The van der Waals surface area contributed by atoms with Crippen LogP contribution in [-0.4, -0.2) is 0 Å². The van der Waals surface area contributed by atoms with E-state index in [-0.39, 0.29) is 11.5 Å². The molecule has 0 spiro atoms. The highest BCUT2D eigenvalue weighted by Gasteiger charge is 2.17. The fraction of sp³-hybridized carbons (Fsp3) is 0.192. The molecule has 0 aliphatic heterocycles. The summed E-state index contributed by atoms with van der Waals surface area (Å²) < 4.78 is 5.69. The van der Waals surface area contributed by atoms with Crippen LogP contribution < -0.4 is 5.63 Å². The largest absolute Gasteiger partial charge is 0.428 e. The maximum atomic E-state index is 12.7. The van der Waals surface area contributed by atoms with Crippen LogP contribution in [-0.2, 0) is 12.8 Å². The number of hydrogen-bond acceptors (Lipinski definition) is 2. The molecule has 0 aliphatic rings. The maximum Gasteiger partial charge on any atom is 0.339 e. The van der Waals surface area contributed by atoms with Gasteiger partial charge in [0.1, 0.15) is 5.76 Å². The van der Waals surface area contributed by atoms with Crippen molar-refractivity contribution in [3.8, 4) is 0 Å². The predicted molar refractivity (Wildman–Crippen MR) is 115 cm³/mol. The lowest BCUT2D eigenvalue weighted by Crippen LogP contribution is -2.14. The first kappa shape index (κ1) is 18.2. The van der Waals surface area contributed by atoms with Crippen LogP contribution in [0.3, 0.4) is 0 Å². The molecular formula is C26H24O2. The summed E-state index contributed by atoms with van der Waals surface area (Å²) >= 11 is 0. The molecule has 4 aromatic rings. The van der Waals surface area contributed by atoms with Crippen LogP contribution in [0.15, 0.2) is 94.1 Å². The molecule has 2 heteroatoms. The second kappa shape index (κ2) is 8.26. The van der Waals surface area contributed by atoms with E-state index in [0.717, 1.165) is 29.7 Å². The third-order valence-corrected chi connectivity index (χ3v) is 5.41. The van der Waals surface area contributed by atoms with Crippen molar-refractivity contribution in [2.75, 3.05) is 0 Å². The quantitative estimate of drug-likeness (QED) is 0.410. The van der Waals surface area contributed by atoms with Gasteiger partial charge in [0.05, 0.1) is 0 Å². The number of benzene rings is 3. The Morgan fingerprint density at radius 2 is 1.54 bits per heavy atom. The first-order chi connectivity index (χ1) is 13.8. The van der Waals surface area contributed by atoms with E-state index in [0.29, 0.717) is 6.42 Å². The van der Waals surface area contributed by atoms with E-state index < -0.39 is 0 Å². The molecule has 2 nitrogen and oxygen atoms in total. The lowest BCUT2D eigenvalue weighted by Gasteiger charge is -2.14. The van der Waals surface area contributed by atoms with Crippen molar-refractivity contribution in [3.63, 3.8) is 0 Å². The summed E-state index contributed by atoms with van der Waals surface area (Å²) in [6, 6.07) is 28.8. The van der Waals surface area contributed by atoms with Crippen molar-refractivity contribution in [1.82, 2.24) is 0 Å². The molecule has 1 unspecified atom stereocenters. The zero-order valence-corrected chi connectivity index (χ0v) is 16.1. The molecule has 28 heavy (non-hydrogen) atoms. The summed E-state index contributed by atoms with van der Waals surface area (Å²) in [5.74, 6) is 0.814. The van der Waals surface area contributed by atoms with Gasteiger partial charge in [-0.15, -0.1) is 0 Å². The molecule has 0 aliphatic carbocycles. The molecule has 0 N–H and O–H groups in total. The predicted octanol–water partition coefficient (Wildman–Crippen LogP) is 6.12. The van der Waals surface area contributed by atoms with E-state index in [2.05, 4.69) is 61.5 Å². The highest BCUT2D eigenvalue weighted by molar-refractivity contribution is 5.85. The molecule has 0 fully saturated rings. The van der Waals surface area contributed by atoms with E-state index in [1.165, 1.54) is 16.3 Å². The zero-order valence-electron chi connectivity index (χ0n) is 16.1. The smallest absolute Gasteiger partial charge is 0.339 e. The Balaban J connectivity index is 1.56. The summed E-state index contributed by atoms with van der Waals surface area (Å²) in [6.45, 7) is 2.10. The van der Waals surface area contributed by atoms with Crippen LogP contribution >= 0.6 is 0 Å². The topological polar surface area (TPSA) is 30.2 Å². The molecule has 140 valence electrons. The fourth-order valence-electron chi connectivity index (χ4n) is 3.94. The van der Waals surface area contributed by atoms with Crippen LogP contribution in [0.5, 0.6) is 0 Å². The molecule has 4 rings (SSSR count). The molecule has 0 amide bonds. The van der Waals surface area contributed by atoms with Crippen molar-refractivity contribution >= 4 is 10.8 Å². The minimum Gasteiger partial charge on any atom is -0.428 e. The van der Waals surface area contributed by atoms with Gasteiger partial charge in [0.25, 0.3) is 0 Å². The number of rotatable bonds is 6. The van der Waals surface area contributed by atoms with Crippen molar-refractivity contribution in [3.05, 3.63) is 118 Å². The highest BCUT2D eigenvalue weighted by atomic mass is 16.4. The lowest BCUT2D eigenvalue weighted by atomic mass is 9.90. The summed E-state index contributed by atoms with van der Waals surface area (Å²) in [7, 11) is 0. The zero-order chi connectivity index (χ0) is 19.3. The first-order valence-electron chi connectivity index (χ1n) is 9.90.